The number of hydrogen-bond donors (Lipinski definition) is 1. The van der Waals surface area contributed by atoms with Gasteiger partial charge in [-0.2, -0.15) is 0 Å². The van der Waals surface area contributed by atoms with Crippen LogP contribution >= 0.6 is 23.1 Å². The quantitative estimate of drug-likeness (QED) is 0.541. The van der Waals surface area contributed by atoms with Crippen LogP contribution in [0.4, 0.5) is 0 Å². The van der Waals surface area contributed by atoms with Crippen molar-refractivity contribution in [3.8, 4) is 0 Å². The largest absolute Gasteiger partial charge is 0.467 e. The summed E-state index contributed by atoms with van der Waals surface area (Å²) in [5.74, 6) is 0.735. The molecule has 0 fully saturated rings. The number of rotatable bonds is 5. The number of carbonyl (C=O) groups is 1. The van der Waals surface area contributed by atoms with Gasteiger partial charge in [0.2, 0.25) is 5.91 Å². The number of aryl methyl sites for hydroxylation is 2. The highest BCUT2D eigenvalue weighted by atomic mass is 32.2. The average molecular weight is 374 g/mol. The molecule has 25 heavy (non-hydrogen) atoms. The summed E-state index contributed by atoms with van der Waals surface area (Å²) in [6.07, 6.45) is 7.92. The van der Waals surface area contributed by atoms with Crippen LogP contribution < -0.4 is 5.32 Å². The van der Waals surface area contributed by atoms with Crippen molar-refractivity contribution in [2.45, 2.75) is 49.4 Å². The fourth-order valence-electron chi connectivity index (χ4n) is 3.10. The Morgan fingerprint density at radius 2 is 2.28 bits per heavy atom. The SMILES string of the molecule is C[C@H](Sc1ncnc2sc3c(c12)CCCC3)C(=O)NCc1ccco1. The first-order valence-corrected chi connectivity index (χ1v) is 10.1. The fraction of sp³-hybridized carbons (Fsp3) is 0.389. The van der Waals surface area contributed by atoms with Crippen molar-refractivity contribution in [3.63, 3.8) is 0 Å². The molecule has 1 amide bonds. The Hall–Kier alpha value is -1.86. The summed E-state index contributed by atoms with van der Waals surface area (Å²) in [6, 6.07) is 3.67. The number of nitrogens with zero attached hydrogens (tertiary/aromatic N) is 2. The molecule has 0 radical (unpaired) electrons. The van der Waals surface area contributed by atoms with Crippen molar-refractivity contribution in [2.75, 3.05) is 0 Å². The minimum absolute atomic E-state index is 0.0164. The molecule has 1 aliphatic rings. The molecule has 1 atom stereocenters. The maximum Gasteiger partial charge on any atom is 0.233 e. The molecule has 0 unspecified atom stereocenters. The van der Waals surface area contributed by atoms with Gasteiger partial charge in [-0.1, -0.05) is 11.8 Å². The Morgan fingerprint density at radius 1 is 1.40 bits per heavy atom. The van der Waals surface area contributed by atoms with Crippen LogP contribution in [-0.2, 0) is 24.2 Å². The average Bonchev–Trinajstić information content (AvgIpc) is 3.27. The Kier molecular flexibility index (Phi) is 4.76. The van der Waals surface area contributed by atoms with Crippen molar-refractivity contribution < 1.29 is 9.21 Å². The third-order valence-electron chi connectivity index (χ3n) is 4.39. The van der Waals surface area contributed by atoms with E-state index in [4.69, 9.17) is 4.42 Å². The van der Waals surface area contributed by atoms with E-state index in [9.17, 15) is 4.79 Å². The Balaban J connectivity index is 1.51. The highest BCUT2D eigenvalue weighted by Gasteiger charge is 2.23. The number of amides is 1. The number of hydrogen-bond acceptors (Lipinski definition) is 6. The van der Waals surface area contributed by atoms with Gasteiger partial charge in [0.1, 0.15) is 21.9 Å². The molecule has 0 saturated heterocycles. The zero-order valence-corrected chi connectivity index (χ0v) is 15.6. The molecule has 3 aromatic rings. The molecule has 0 bridgehead atoms. The van der Waals surface area contributed by atoms with Crippen molar-refractivity contribution >= 4 is 39.2 Å². The van der Waals surface area contributed by atoms with E-state index in [0.717, 1.165) is 33.8 Å². The van der Waals surface area contributed by atoms with Crippen LogP contribution in [0.3, 0.4) is 0 Å². The first-order valence-electron chi connectivity index (χ1n) is 8.44. The monoisotopic (exact) mass is 373 g/mol. The lowest BCUT2D eigenvalue weighted by Crippen LogP contribution is -2.30. The van der Waals surface area contributed by atoms with E-state index in [1.54, 1.807) is 23.9 Å². The van der Waals surface area contributed by atoms with Gasteiger partial charge in [-0.05, 0) is 50.3 Å². The van der Waals surface area contributed by atoms with Gasteiger partial charge in [-0.15, -0.1) is 11.3 Å². The molecule has 1 N–H and O–H groups in total. The number of aromatic nitrogens is 2. The topological polar surface area (TPSA) is 68.0 Å². The minimum Gasteiger partial charge on any atom is -0.467 e. The normalized spacial score (nSPS) is 15.1. The highest BCUT2D eigenvalue weighted by molar-refractivity contribution is 8.00. The molecule has 5 nitrogen and oxygen atoms in total. The highest BCUT2D eigenvalue weighted by Crippen LogP contribution is 2.40. The molecule has 1 aliphatic carbocycles. The number of furan rings is 1. The second-order valence-corrected chi connectivity index (χ2v) is 8.54. The molecular weight excluding hydrogens is 354 g/mol. The molecular formula is C18H19N3O2S2. The van der Waals surface area contributed by atoms with E-state index in [-0.39, 0.29) is 11.2 Å². The van der Waals surface area contributed by atoms with E-state index in [0.29, 0.717) is 6.54 Å². The third kappa shape index (κ3) is 3.43. The second kappa shape index (κ2) is 7.17. The smallest absolute Gasteiger partial charge is 0.233 e. The van der Waals surface area contributed by atoms with Crippen LogP contribution in [0.25, 0.3) is 10.2 Å². The molecule has 4 rings (SSSR count). The lowest BCUT2D eigenvalue weighted by Gasteiger charge is -2.13. The molecule has 7 heteroatoms. The van der Waals surface area contributed by atoms with E-state index in [1.807, 2.05) is 19.1 Å². The van der Waals surface area contributed by atoms with Gasteiger partial charge in [0.15, 0.2) is 0 Å². The van der Waals surface area contributed by atoms with E-state index in [2.05, 4.69) is 15.3 Å². The lowest BCUT2D eigenvalue weighted by atomic mass is 9.97. The number of thiophene rings is 1. The Bertz CT molecular complexity index is 889. The molecule has 3 heterocycles. The maximum absolute atomic E-state index is 12.4. The van der Waals surface area contributed by atoms with Crippen LogP contribution in [0.2, 0.25) is 0 Å². The third-order valence-corrected chi connectivity index (χ3v) is 6.69. The molecule has 0 aliphatic heterocycles. The summed E-state index contributed by atoms with van der Waals surface area (Å²) in [6.45, 7) is 2.32. The van der Waals surface area contributed by atoms with Gasteiger partial charge in [0.05, 0.1) is 18.1 Å². The molecule has 3 aromatic heterocycles. The Labute approximate surface area is 154 Å². The first kappa shape index (κ1) is 16.6. The zero-order valence-electron chi connectivity index (χ0n) is 13.9. The summed E-state index contributed by atoms with van der Waals surface area (Å²) in [5, 5.41) is 4.77. The van der Waals surface area contributed by atoms with Crippen molar-refractivity contribution in [1.82, 2.24) is 15.3 Å². The molecule has 0 spiro atoms. The lowest BCUT2D eigenvalue weighted by molar-refractivity contribution is -0.120. The predicted octanol–water partition coefficient (Wildman–Crippen LogP) is 3.96. The van der Waals surface area contributed by atoms with E-state index >= 15 is 0 Å². The summed E-state index contributed by atoms with van der Waals surface area (Å²) in [7, 11) is 0. The van der Waals surface area contributed by atoms with Crippen LogP contribution in [0.5, 0.6) is 0 Å². The maximum atomic E-state index is 12.4. The van der Waals surface area contributed by atoms with Crippen molar-refractivity contribution in [3.05, 3.63) is 40.9 Å². The summed E-state index contributed by atoms with van der Waals surface area (Å²) in [4.78, 5) is 23.8. The standard InChI is InChI=1S/C18H19N3O2S2/c1-11(16(22)19-9-12-5-4-8-23-12)24-17-15-13-6-2-3-7-14(13)25-18(15)21-10-20-17/h4-5,8,10-11H,2-3,6-7,9H2,1H3,(H,19,22)/t11-/m0/s1. The summed E-state index contributed by atoms with van der Waals surface area (Å²) in [5.41, 5.74) is 1.40. The summed E-state index contributed by atoms with van der Waals surface area (Å²) < 4.78 is 5.25. The van der Waals surface area contributed by atoms with Crippen LogP contribution in [0, 0.1) is 0 Å². The van der Waals surface area contributed by atoms with Crippen LogP contribution in [0.1, 0.15) is 36.0 Å². The minimum atomic E-state index is -0.229. The van der Waals surface area contributed by atoms with Gasteiger partial charge < -0.3 is 9.73 Å². The van der Waals surface area contributed by atoms with Gasteiger partial charge in [-0.3, -0.25) is 4.79 Å². The molecule has 0 saturated carbocycles. The zero-order chi connectivity index (χ0) is 17.2. The second-order valence-electron chi connectivity index (χ2n) is 6.13. The van der Waals surface area contributed by atoms with Gasteiger partial charge in [0.25, 0.3) is 0 Å². The summed E-state index contributed by atoms with van der Waals surface area (Å²) >= 11 is 3.29. The predicted molar refractivity (Wildman–Crippen MR) is 99.9 cm³/mol. The van der Waals surface area contributed by atoms with Crippen LogP contribution in [0.15, 0.2) is 34.2 Å². The van der Waals surface area contributed by atoms with E-state index < -0.39 is 0 Å². The first-order chi connectivity index (χ1) is 12.2. The van der Waals surface area contributed by atoms with Gasteiger partial charge in [0, 0.05) is 10.3 Å². The van der Waals surface area contributed by atoms with Crippen molar-refractivity contribution in [1.29, 1.82) is 0 Å². The molecule has 0 aromatic carbocycles. The van der Waals surface area contributed by atoms with Gasteiger partial charge in [-0.25, -0.2) is 9.97 Å². The Morgan fingerprint density at radius 3 is 3.12 bits per heavy atom. The number of thioether (sulfide) groups is 1. The van der Waals surface area contributed by atoms with E-state index in [1.165, 1.54) is 35.0 Å². The number of nitrogens with one attached hydrogen (secondary N) is 1. The molecule has 130 valence electrons. The van der Waals surface area contributed by atoms with Crippen LogP contribution in [-0.4, -0.2) is 21.1 Å². The van der Waals surface area contributed by atoms with Gasteiger partial charge >= 0.3 is 0 Å². The van der Waals surface area contributed by atoms with Crippen molar-refractivity contribution in [2.24, 2.45) is 0 Å². The number of fused-ring (bicyclic) bond motifs is 3. The number of carbonyl (C=O) groups excluding carboxylic acids is 1. The fourth-order valence-corrected chi connectivity index (χ4v) is 5.37.